The second-order valence-corrected chi connectivity index (χ2v) is 12.2. The summed E-state index contributed by atoms with van der Waals surface area (Å²) in [7, 11) is 0. The Kier molecular flexibility index (Phi) is 4.87. The largest absolute Gasteiger partial charge is 0.297 e. The molecule has 4 heteroatoms. The molecule has 4 atom stereocenters. The second-order valence-electron chi connectivity index (χ2n) is 12.2. The molecular formula is C37H29NO3. The monoisotopic (exact) mass is 535 g/mol. The van der Waals surface area contributed by atoms with Gasteiger partial charge in [0.1, 0.15) is 0 Å². The molecule has 2 aliphatic carbocycles. The van der Waals surface area contributed by atoms with Gasteiger partial charge in [-0.15, -0.1) is 0 Å². The highest BCUT2D eigenvalue weighted by molar-refractivity contribution is 6.29. The minimum Gasteiger partial charge on any atom is -0.297 e. The Hall–Kier alpha value is -4.57. The van der Waals surface area contributed by atoms with E-state index in [9.17, 15) is 9.59 Å². The van der Waals surface area contributed by atoms with Gasteiger partial charge in [0.25, 0.3) is 0 Å². The zero-order chi connectivity index (χ0) is 28.1. The summed E-state index contributed by atoms with van der Waals surface area (Å²) in [4.78, 5) is 46.3. The van der Waals surface area contributed by atoms with Crippen molar-refractivity contribution >= 4 is 39.1 Å². The molecular weight excluding hydrogens is 506 g/mol. The van der Waals surface area contributed by atoms with E-state index < -0.39 is 22.7 Å². The Morgan fingerprint density at radius 2 is 0.927 bits per heavy atom. The van der Waals surface area contributed by atoms with Crippen LogP contribution in [0.3, 0.4) is 0 Å². The van der Waals surface area contributed by atoms with E-state index in [0.717, 1.165) is 43.8 Å². The van der Waals surface area contributed by atoms with Crippen molar-refractivity contribution in [1.82, 2.24) is 4.90 Å². The van der Waals surface area contributed by atoms with Crippen molar-refractivity contribution in [3.05, 3.63) is 131 Å². The van der Waals surface area contributed by atoms with Gasteiger partial charge in [-0.1, -0.05) is 123 Å². The van der Waals surface area contributed by atoms with Crippen LogP contribution in [0.15, 0.2) is 109 Å². The fraction of sp³-hybridized carbons (Fsp3) is 0.216. The maximum Gasteiger partial charge on any atom is 0.234 e. The second kappa shape index (κ2) is 8.23. The number of amides is 2. The van der Waals surface area contributed by atoms with Crippen LogP contribution in [0.5, 0.6) is 0 Å². The predicted octanol–water partition coefficient (Wildman–Crippen LogP) is 6.42. The molecule has 4 nitrogen and oxygen atoms in total. The summed E-state index contributed by atoms with van der Waals surface area (Å²) in [5.74, 6) is -2.04. The summed E-state index contributed by atoms with van der Waals surface area (Å²) in [6, 6.07) is 35.9. The standard InChI is InChI=1S/C37H29NO3/c1-22(2)21-38-33(39)31-32(34(38)40)37(24-15-7-4-8-16-24)30-28-20-12-10-18-26(28)25-17-9-11-19-27(25)29(30)36(31,35(37)41)23-13-5-3-6-14-23/h3-20,22,31-32H,21H2,1-2H3/t31-,32+,36+,37-. The van der Waals surface area contributed by atoms with Crippen LogP contribution in [0, 0.1) is 17.8 Å². The Morgan fingerprint density at radius 1 is 0.561 bits per heavy atom. The van der Waals surface area contributed by atoms with Crippen molar-refractivity contribution in [3.8, 4) is 0 Å². The number of carbonyl (C=O) groups is 3. The van der Waals surface area contributed by atoms with Crippen molar-refractivity contribution in [2.75, 3.05) is 6.54 Å². The summed E-state index contributed by atoms with van der Waals surface area (Å²) in [6.07, 6.45) is 0. The van der Waals surface area contributed by atoms with Crippen LogP contribution >= 0.6 is 0 Å². The number of ketones is 1. The molecule has 3 aliphatic rings. The average Bonchev–Trinajstić information content (AvgIpc) is 3.51. The lowest BCUT2D eigenvalue weighted by Crippen LogP contribution is -2.45. The Morgan fingerprint density at radius 3 is 1.32 bits per heavy atom. The van der Waals surface area contributed by atoms with E-state index in [-0.39, 0.29) is 23.5 Å². The highest BCUT2D eigenvalue weighted by atomic mass is 16.2. The summed E-state index contributed by atoms with van der Waals surface area (Å²) in [6.45, 7) is 4.38. The minimum absolute atomic E-state index is 0.0557. The number of Topliss-reactive ketones (excluding diaryl/α,β-unsaturated/α-hetero) is 1. The number of hydrogen-bond donors (Lipinski definition) is 0. The van der Waals surface area contributed by atoms with E-state index >= 15 is 4.79 Å². The van der Waals surface area contributed by atoms with Crippen LogP contribution in [0.1, 0.15) is 36.1 Å². The van der Waals surface area contributed by atoms with Crippen molar-refractivity contribution in [1.29, 1.82) is 0 Å². The van der Waals surface area contributed by atoms with E-state index in [1.807, 2.05) is 98.8 Å². The number of imide groups is 1. The topological polar surface area (TPSA) is 54.5 Å². The Labute approximate surface area is 238 Å². The molecule has 2 amide bonds. The molecule has 200 valence electrons. The summed E-state index contributed by atoms with van der Waals surface area (Å²) in [5, 5.41) is 4.04. The van der Waals surface area contributed by atoms with Crippen LogP contribution in [-0.2, 0) is 25.2 Å². The fourth-order valence-electron chi connectivity index (χ4n) is 8.55. The molecule has 1 heterocycles. The SMILES string of the molecule is CC(C)CN1C(=O)[C@@H]2[C@H](C1=O)[C@@]1(c3ccccc3)C(=O)[C@]2(c2ccccc2)c2c1c1ccccc1c1ccccc21. The average molecular weight is 536 g/mol. The molecule has 0 unspecified atom stereocenters. The molecule has 1 saturated carbocycles. The van der Waals surface area contributed by atoms with Gasteiger partial charge in [0, 0.05) is 6.54 Å². The van der Waals surface area contributed by atoms with Crippen molar-refractivity contribution in [2.45, 2.75) is 24.7 Å². The van der Waals surface area contributed by atoms with Gasteiger partial charge >= 0.3 is 0 Å². The van der Waals surface area contributed by atoms with E-state index in [4.69, 9.17) is 0 Å². The zero-order valence-corrected chi connectivity index (χ0v) is 23.0. The molecule has 41 heavy (non-hydrogen) atoms. The predicted molar refractivity (Wildman–Crippen MR) is 159 cm³/mol. The van der Waals surface area contributed by atoms with Gasteiger partial charge in [-0.25, -0.2) is 0 Å². The molecule has 0 aromatic heterocycles. The lowest BCUT2D eigenvalue weighted by atomic mass is 9.59. The van der Waals surface area contributed by atoms with Gasteiger partial charge in [-0.05, 0) is 49.7 Å². The minimum atomic E-state index is -1.29. The van der Waals surface area contributed by atoms with Crippen molar-refractivity contribution < 1.29 is 14.4 Å². The highest BCUT2D eigenvalue weighted by Crippen LogP contribution is 2.72. The summed E-state index contributed by atoms with van der Waals surface area (Å²) in [5.41, 5.74) is 0.758. The van der Waals surface area contributed by atoms with Crippen molar-refractivity contribution in [3.63, 3.8) is 0 Å². The first kappa shape index (κ1) is 24.2. The molecule has 1 aliphatic heterocycles. The van der Waals surface area contributed by atoms with E-state index in [1.54, 1.807) is 0 Å². The van der Waals surface area contributed by atoms with E-state index in [0.29, 0.717) is 6.54 Å². The Bertz CT molecular complexity index is 1790. The van der Waals surface area contributed by atoms with Gasteiger partial charge in [-0.3, -0.25) is 19.3 Å². The maximum absolute atomic E-state index is 15.7. The number of benzene rings is 5. The first-order valence-corrected chi connectivity index (χ1v) is 14.4. The van der Waals surface area contributed by atoms with Crippen LogP contribution in [0.25, 0.3) is 21.5 Å². The normalized spacial score (nSPS) is 26.4. The highest BCUT2D eigenvalue weighted by Gasteiger charge is 2.82. The first-order valence-electron chi connectivity index (χ1n) is 14.4. The molecule has 0 radical (unpaired) electrons. The molecule has 0 N–H and O–H groups in total. The molecule has 8 rings (SSSR count). The smallest absolute Gasteiger partial charge is 0.234 e. The third-order valence-corrected chi connectivity index (χ3v) is 9.77. The van der Waals surface area contributed by atoms with Gasteiger partial charge in [-0.2, -0.15) is 0 Å². The summed E-state index contributed by atoms with van der Waals surface area (Å²) >= 11 is 0. The maximum atomic E-state index is 15.7. The lowest BCUT2D eigenvalue weighted by Gasteiger charge is -2.38. The van der Waals surface area contributed by atoms with Crippen LogP contribution in [-0.4, -0.2) is 29.0 Å². The van der Waals surface area contributed by atoms with Gasteiger partial charge in [0.15, 0.2) is 5.78 Å². The Balaban J connectivity index is 1.64. The summed E-state index contributed by atoms with van der Waals surface area (Å²) < 4.78 is 0. The van der Waals surface area contributed by atoms with Gasteiger partial charge < -0.3 is 0 Å². The molecule has 2 bridgehead atoms. The number of carbonyl (C=O) groups excluding carboxylic acids is 3. The quantitative estimate of drug-likeness (QED) is 0.197. The van der Waals surface area contributed by atoms with Crippen LogP contribution < -0.4 is 0 Å². The number of nitrogens with zero attached hydrogens (tertiary/aromatic N) is 1. The van der Waals surface area contributed by atoms with Gasteiger partial charge in [0.05, 0.1) is 22.7 Å². The van der Waals surface area contributed by atoms with Crippen LogP contribution in [0.2, 0.25) is 0 Å². The number of likely N-dealkylation sites (tertiary alicyclic amines) is 1. The molecule has 0 spiro atoms. The third-order valence-electron chi connectivity index (χ3n) is 9.77. The molecule has 1 saturated heterocycles. The van der Waals surface area contributed by atoms with E-state index in [2.05, 4.69) is 24.3 Å². The fourth-order valence-corrected chi connectivity index (χ4v) is 8.55. The lowest BCUT2D eigenvalue weighted by molar-refractivity contribution is -0.144. The molecule has 2 fully saturated rings. The van der Waals surface area contributed by atoms with Crippen molar-refractivity contribution in [2.24, 2.45) is 17.8 Å². The number of rotatable bonds is 4. The van der Waals surface area contributed by atoms with Gasteiger partial charge in [0.2, 0.25) is 11.8 Å². The number of fused-ring (bicyclic) bond motifs is 13. The third kappa shape index (κ3) is 2.69. The van der Waals surface area contributed by atoms with Crippen LogP contribution in [0.4, 0.5) is 0 Å². The number of hydrogen-bond acceptors (Lipinski definition) is 3. The molecule has 5 aromatic rings. The molecule has 5 aromatic carbocycles. The van der Waals surface area contributed by atoms with E-state index in [1.165, 1.54) is 4.90 Å². The zero-order valence-electron chi connectivity index (χ0n) is 23.0. The first-order chi connectivity index (χ1) is 19.9.